The average Bonchev–Trinajstić information content (AvgIpc) is 2.77. The zero-order valence-corrected chi connectivity index (χ0v) is 11.1. The highest BCUT2D eigenvalue weighted by molar-refractivity contribution is 6.33. The molecule has 1 atom stereocenters. The molecular weight excluding hydrogens is 253 g/mol. The molecule has 0 amide bonds. The van der Waals surface area contributed by atoms with Crippen LogP contribution in [0.2, 0.25) is 5.02 Å². The summed E-state index contributed by atoms with van der Waals surface area (Å²) in [6, 6.07) is 4.55. The molecule has 0 unspecified atom stereocenters. The van der Waals surface area contributed by atoms with Crippen LogP contribution in [-0.4, -0.2) is 15.2 Å². The molecular formula is C13H15ClFN3. The van der Waals surface area contributed by atoms with Gasteiger partial charge >= 0.3 is 0 Å². The van der Waals surface area contributed by atoms with Crippen molar-refractivity contribution in [1.82, 2.24) is 15.2 Å². The van der Waals surface area contributed by atoms with Gasteiger partial charge in [0.15, 0.2) is 5.82 Å². The van der Waals surface area contributed by atoms with Crippen LogP contribution < -0.4 is 0 Å². The highest BCUT2D eigenvalue weighted by Gasteiger charge is 2.15. The molecule has 1 aromatic carbocycles. The summed E-state index contributed by atoms with van der Waals surface area (Å²) >= 11 is 5.97. The summed E-state index contributed by atoms with van der Waals surface area (Å²) in [5.74, 6) is 1.19. The van der Waals surface area contributed by atoms with Crippen LogP contribution >= 0.6 is 11.6 Å². The molecule has 0 aliphatic rings. The van der Waals surface area contributed by atoms with Crippen molar-refractivity contribution < 1.29 is 4.39 Å². The molecule has 1 heterocycles. The van der Waals surface area contributed by atoms with Crippen molar-refractivity contribution >= 4 is 11.6 Å². The van der Waals surface area contributed by atoms with Gasteiger partial charge in [-0.3, -0.25) is 5.10 Å². The molecule has 5 heteroatoms. The van der Waals surface area contributed by atoms with Crippen LogP contribution in [0.15, 0.2) is 18.2 Å². The normalized spacial score (nSPS) is 12.7. The van der Waals surface area contributed by atoms with Gasteiger partial charge in [-0.1, -0.05) is 37.9 Å². The van der Waals surface area contributed by atoms with Crippen LogP contribution in [0, 0.1) is 11.7 Å². The number of hydrogen-bond donors (Lipinski definition) is 1. The highest BCUT2D eigenvalue weighted by Crippen LogP contribution is 2.27. The third-order valence-corrected chi connectivity index (χ3v) is 3.27. The summed E-state index contributed by atoms with van der Waals surface area (Å²) in [6.07, 6.45) is 1.87. The van der Waals surface area contributed by atoms with Crippen LogP contribution in [-0.2, 0) is 6.42 Å². The quantitative estimate of drug-likeness (QED) is 0.914. The van der Waals surface area contributed by atoms with E-state index in [-0.39, 0.29) is 5.56 Å². The van der Waals surface area contributed by atoms with Crippen molar-refractivity contribution in [2.24, 2.45) is 5.92 Å². The first-order valence-electron chi connectivity index (χ1n) is 5.97. The SMILES string of the molecule is CC[C@H](C)Cc1nc(-c2c(F)cccc2Cl)n[nH]1. The third-order valence-electron chi connectivity index (χ3n) is 2.96. The Morgan fingerprint density at radius 2 is 2.22 bits per heavy atom. The number of hydrogen-bond acceptors (Lipinski definition) is 2. The highest BCUT2D eigenvalue weighted by atomic mass is 35.5. The maximum atomic E-state index is 13.7. The summed E-state index contributed by atoms with van der Waals surface area (Å²) in [6.45, 7) is 4.26. The lowest BCUT2D eigenvalue weighted by atomic mass is 10.1. The Balaban J connectivity index is 2.30. The molecule has 0 aliphatic carbocycles. The van der Waals surface area contributed by atoms with E-state index in [4.69, 9.17) is 11.6 Å². The second kappa shape index (κ2) is 5.48. The van der Waals surface area contributed by atoms with Crippen molar-refractivity contribution in [1.29, 1.82) is 0 Å². The van der Waals surface area contributed by atoms with Crippen LogP contribution in [0.25, 0.3) is 11.4 Å². The van der Waals surface area contributed by atoms with E-state index in [0.29, 0.717) is 16.8 Å². The number of H-pyrrole nitrogens is 1. The maximum Gasteiger partial charge on any atom is 0.185 e. The minimum absolute atomic E-state index is 0.255. The fraction of sp³-hybridized carbons (Fsp3) is 0.385. The topological polar surface area (TPSA) is 41.6 Å². The Bertz CT molecular complexity index is 519. The first-order valence-corrected chi connectivity index (χ1v) is 6.35. The second-order valence-electron chi connectivity index (χ2n) is 4.42. The first-order chi connectivity index (χ1) is 8.61. The molecule has 0 bridgehead atoms. The van der Waals surface area contributed by atoms with Gasteiger partial charge in [-0.15, -0.1) is 0 Å². The van der Waals surface area contributed by atoms with Crippen molar-refractivity contribution in [2.45, 2.75) is 26.7 Å². The molecule has 3 nitrogen and oxygen atoms in total. The van der Waals surface area contributed by atoms with E-state index in [0.717, 1.165) is 18.7 Å². The smallest absolute Gasteiger partial charge is 0.185 e. The van der Waals surface area contributed by atoms with E-state index in [2.05, 4.69) is 29.0 Å². The lowest BCUT2D eigenvalue weighted by Gasteiger charge is -2.03. The van der Waals surface area contributed by atoms with E-state index >= 15 is 0 Å². The fourth-order valence-electron chi connectivity index (χ4n) is 1.68. The molecule has 0 saturated carbocycles. The summed E-state index contributed by atoms with van der Waals surface area (Å²) in [5, 5.41) is 7.20. The van der Waals surface area contributed by atoms with Gasteiger partial charge in [0.05, 0.1) is 10.6 Å². The molecule has 2 rings (SSSR count). The molecule has 0 radical (unpaired) electrons. The Morgan fingerprint density at radius 1 is 1.44 bits per heavy atom. The molecule has 96 valence electrons. The molecule has 0 spiro atoms. The summed E-state index contributed by atoms with van der Waals surface area (Å²) in [7, 11) is 0. The molecule has 2 aromatic rings. The minimum Gasteiger partial charge on any atom is -0.263 e. The molecule has 0 saturated heterocycles. The number of aromatic nitrogens is 3. The number of halogens is 2. The standard InChI is InChI=1S/C13H15ClFN3/c1-3-8(2)7-11-16-13(18-17-11)12-9(14)5-4-6-10(12)15/h4-6,8H,3,7H2,1-2H3,(H,16,17,18)/t8-/m0/s1. The van der Waals surface area contributed by atoms with Gasteiger partial charge < -0.3 is 0 Å². The van der Waals surface area contributed by atoms with E-state index in [1.165, 1.54) is 6.07 Å². The Labute approximate surface area is 110 Å². The van der Waals surface area contributed by atoms with Gasteiger partial charge in [0, 0.05) is 6.42 Å². The Kier molecular flexibility index (Phi) is 3.97. The average molecular weight is 268 g/mol. The lowest BCUT2D eigenvalue weighted by molar-refractivity contribution is 0.544. The Hall–Kier alpha value is -1.42. The summed E-state index contributed by atoms with van der Waals surface area (Å²) < 4.78 is 13.7. The van der Waals surface area contributed by atoms with E-state index in [1.807, 2.05) is 0 Å². The van der Waals surface area contributed by atoms with Crippen LogP contribution in [0.1, 0.15) is 26.1 Å². The van der Waals surface area contributed by atoms with Crippen LogP contribution in [0.4, 0.5) is 4.39 Å². The van der Waals surface area contributed by atoms with Crippen molar-refractivity contribution in [3.05, 3.63) is 34.9 Å². The van der Waals surface area contributed by atoms with Crippen LogP contribution in [0.3, 0.4) is 0 Å². The maximum absolute atomic E-state index is 13.7. The lowest BCUT2D eigenvalue weighted by Crippen LogP contribution is -1.99. The molecule has 0 fully saturated rings. The molecule has 1 aromatic heterocycles. The minimum atomic E-state index is -0.406. The zero-order chi connectivity index (χ0) is 13.1. The number of rotatable bonds is 4. The number of nitrogens with zero attached hydrogens (tertiary/aromatic N) is 2. The van der Waals surface area contributed by atoms with Gasteiger partial charge in [0.1, 0.15) is 11.6 Å². The summed E-state index contributed by atoms with van der Waals surface area (Å²) in [4.78, 5) is 4.30. The second-order valence-corrected chi connectivity index (χ2v) is 4.83. The van der Waals surface area contributed by atoms with Gasteiger partial charge in [-0.25, -0.2) is 9.37 Å². The van der Waals surface area contributed by atoms with Crippen molar-refractivity contribution in [3.8, 4) is 11.4 Å². The fourth-order valence-corrected chi connectivity index (χ4v) is 1.93. The largest absolute Gasteiger partial charge is 0.263 e. The Morgan fingerprint density at radius 3 is 2.89 bits per heavy atom. The van der Waals surface area contributed by atoms with E-state index < -0.39 is 5.82 Å². The van der Waals surface area contributed by atoms with Gasteiger partial charge in [0.2, 0.25) is 0 Å². The van der Waals surface area contributed by atoms with Crippen molar-refractivity contribution in [2.75, 3.05) is 0 Å². The number of aromatic amines is 1. The third kappa shape index (κ3) is 2.70. The van der Waals surface area contributed by atoms with Gasteiger partial charge in [-0.05, 0) is 18.1 Å². The van der Waals surface area contributed by atoms with Crippen LogP contribution in [0.5, 0.6) is 0 Å². The summed E-state index contributed by atoms with van der Waals surface area (Å²) in [5.41, 5.74) is 0.255. The van der Waals surface area contributed by atoms with E-state index in [1.54, 1.807) is 12.1 Å². The number of nitrogens with one attached hydrogen (secondary N) is 1. The van der Waals surface area contributed by atoms with Gasteiger partial charge in [0.25, 0.3) is 0 Å². The number of benzene rings is 1. The predicted octanol–water partition coefficient (Wildman–Crippen LogP) is 3.85. The molecule has 0 aliphatic heterocycles. The zero-order valence-electron chi connectivity index (χ0n) is 10.4. The first kappa shape index (κ1) is 13.0. The molecule has 18 heavy (non-hydrogen) atoms. The van der Waals surface area contributed by atoms with Crippen molar-refractivity contribution in [3.63, 3.8) is 0 Å². The monoisotopic (exact) mass is 267 g/mol. The van der Waals surface area contributed by atoms with Gasteiger partial charge in [-0.2, -0.15) is 5.10 Å². The predicted molar refractivity (Wildman–Crippen MR) is 69.9 cm³/mol. The van der Waals surface area contributed by atoms with E-state index in [9.17, 15) is 4.39 Å². The molecule has 1 N–H and O–H groups in total.